The molecule has 0 bridgehead atoms. The third kappa shape index (κ3) is 15.7. The molecule has 12 N–H and O–H groups in total. The number of carboxylic acid groups (broad SMARTS) is 1. The molecule has 4 aromatic rings. The Morgan fingerprint density at radius 2 is 1.43 bits per heavy atom. The number of imidazole rings is 1. The number of nitrogens with zero attached hydrogens (tertiary/aromatic N) is 2. The van der Waals surface area contributed by atoms with Crippen molar-refractivity contribution in [3.05, 3.63) is 90.1 Å². The molecule has 70 heavy (non-hydrogen) atoms. The third-order valence-electron chi connectivity index (χ3n) is 11.9. The van der Waals surface area contributed by atoms with Crippen LogP contribution in [0.5, 0.6) is 0 Å². The van der Waals surface area contributed by atoms with E-state index in [4.69, 9.17) is 5.73 Å². The van der Waals surface area contributed by atoms with E-state index in [1.807, 2.05) is 24.3 Å². The number of carboxylic acids is 1. The summed E-state index contributed by atoms with van der Waals surface area (Å²) >= 11 is 0. The van der Waals surface area contributed by atoms with Crippen LogP contribution in [-0.4, -0.2) is 141 Å². The molecule has 1 fully saturated rings. The number of rotatable bonds is 25. The second-order valence-electron chi connectivity index (χ2n) is 17.8. The second kappa shape index (κ2) is 25.7. The lowest BCUT2D eigenvalue weighted by atomic mass is 10.0. The fourth-order valence-electron chi connectivity index (χ4n) is 7.99. The van der Waals surface area contributed by atoms with Gasteiger partial charge in [0.1, 0.15) is 36.3 Å². The SMILES string of the molecule is CC(C)[C@H](NC(=O)[C@H](C)NC(=O)[C@H](Cc1c[nH]c2ccccc12)NC(=O)[C@H](CCC(N)=O)NC(=O)[C@@H](Cc1ccccc1)NC(=O)[C@@H]1CCCCN1)C(=O)N(C)CC(=O)N[C@@H](Cc1c[nH]cn1)C(=O)O. The van der Waals surface area contributed by atoms with E-state index in [-0.39, 0.29) is 38.0 Å². The summed E-state index contributed by atoms with van der Waals surface area (Å²) < 4.78 is 0. The fourth-order valence-corrected chi connectivity index (χ4v) is 7.99. The molecule has 1 saturated heterocycles. The first-order chi connectivity index (χ1) is 33.4. The first-order valence-corrected chi connectivity index (χ1v) is 23.3. The van der Waals surface area contributed by atoms with Crippen LogP contribution in [0, 0.1) is 5.92 Å². The van der Waals surface area contributed by atoms with E-state index >= 15 is 0 Å². The average molecular weight is 969 g/mol. The minimum absolute atomic E-state index is 0.0795. The predicted octanol–water partition coefficient (Wildman–Crippen LogP) is -0.546. The van der Waals surface area contributed by atoms with E-state index in [0.29, 0.717) is 24.2 Å². The van der Waals surface area contributed by atoms with Gasteiger partial charge in [0.2, 0.25) is 47.3 Å². The van der Waals surface area contributed by atoms with Crippen LogP contribution in [0.15, 0.2) is 73.3 Å². The summed E-state index contributed by atoms with van der Waals surface area (Å²) in [5.41, 5.74) is 8.01. The number of fused-ring (bicyclic) bond motifs is 1. The molecule has 0 radical (unpaired) electrons. The molecule has 0 saturated carbocycles. The highest BCUT2D eigenvalue weighted by Gasteiger charge is 2.35. The van der Waals surface area contributed by atoms with Gasteiger partial charge in [-0.15, -0.1) is 0 Å². The standard InChI is InChI=1S/C48H64N12O10/c1-27(2)41(47(68)60(4)25-40(62)55-38(48(69)70)22-31-24-50-26-53-31)59-42(63)28(3)54-45(66)37(21-30-23-52-33-15-9-8-14-32(30)33)58-44(65)35(17-18-39(49)61)56-46(67)36(20-29-12-6-5-7-13-29)57-43(64)34-16-10-11-19-51-34/h5-9,12-15,23-24,26-28,34-38,41,51-52H,10-11,16-22,25H2,1-4H3,(H2,49,61)(H,50,53)(H,54,66)(H,55,62)(H,56,67)(H,57,64)(H,58,65)(H,59,63)(H,69,70)/t28-,34-,35-,36+,37-,38-,41-/m0/s1. The van der Waals surface area contributed by atoms with Crippen molar-refractivity contribution < 1.29 is 48.3 Å². The number of aromatic nitrogens is 3. The Bertz CT molecular complexity index is 2450. The lowest BCUT2D eigenvalue weighted by Gasteiger charge is -2.29. The Morgan fingerprint density at radius 3 is 2.09 bits per heavy atom. The monoisotopic (exact) mass is 968 g/mol. The zero-order valence-electron chi connectivity index (χ0n) is 39.7. The number of hydrogen-bond acceptors (Lipinski definition) is 11. The number of primary amides is 1. The molecular formula is C48H64N12O10. The van der Waals surface area contributed by atoms with Crippen LogP contribution < -0.4 is 43.0 Å². The van der Waals surface area contributed by atoms with E-state index < -0.39 is 102 Å². The first-order valence-electron chi connectivity index (χ1n) is 23.3. The molecule has 22 heteroatoms. The van der Waals surface area contributed by atoms with Gasteiger partial charge in [-0.05, 0) is 55.8 Å². The number of aliphatic carboxylic acids is 1. The Balaban J connectivity index is 1.30. The Morgan fingerprint density at radius 1 is 0.757 bits per heavy atom. The van der Waals surface area contributed by atoms with E-state index in [1.165, 1.54) is 26.5 Å². The van der Waals surface area contributed by atoms with Crippen molar-refractivity contribution >= 4 is 64.1 Å². The van der Waals surface area contributed by atoms with Crippen LogP contribution in [0.1, 0.15) is 69.7 Å². The lowest BCUT2D eigenvalue weighted by molar-refractivity contribution is -0.143. The number of H-pyrrole nitrogens is 2. The summed E-state index contributed by atoms with van der Waals surface area (Å²) in [4.78, 5) is 131. The quantitative estimate of drug-likeness (QED) is 0.0399. The molecule has 0 spiro atoms. The number of piperidine rings is 1. The van der Waals surface area contributed by atoms with Crippen molar-refractivity contribution in [3.63, 3.8) is 0 Å². The Kier molecular flexibility index (Phi) is 19.6. The molecule has 2 aromatic carbocycles. The molecule has 0 unspecified atom stereocenters. The van der Waals surface area contributed by atoms with Crippen molar-refractivity contribution in [1.29, 1.82) is 0 Å². The molecule has 3 heterocycles. The fraction of sp³-hybridized carbons (Fsp3) is 0.458. The van der Waals surface area contributed by atoms with Crippen LogP contribution in [0.2, 0.25) is 0 Å². The maximum Gasteiger partial charge on any atom is 0.326 e. The third-order valence-corrected chi connectivity index (χ3v) is 11.9. The zero-order chi connectivity index (χ0) is 50.9. The summed E-state index contributed by atoms with van der Waals surface area (Å²) in [6.07, 6.45) is 6.16. The maximum atomic E-state index is 14.3. The second-order valence-corrected chi connectivity index (χ2v) is 17.8. The van der Waals surface area contributed by atoms with E-state index in [1.54, 1.807) is 50.4 Å². The van der Waals surface area contributed by atoms with Gasteiger partial charge in [0.15, 0.2) is 0 Å². The van der Waals surface area contributed by atoms with E-state index in [2.05, 4.69) is 52.2 Å². The number of carbonyl (C=O) groups is 9. The summed E-state index contributed by atoms with van der Waals surface area (Å²) in [7, 11) is 1.32. The van der Waals surface area contributed by atoms with Gasteiger partial charge < -0.3 is 62.9 Å². The molecule has 0 aliphatic carbocycles. The zero-order valence-corrected chi connectivity index (χ0v) is 39.7. The van der Waals surface area contributed by atoms with Gasteiger partial charge >= 0.3 is 5.97 Å². The number of aromatic amines is 2. The number of amides is 8. The number of nitrogens with one attached hydrogen (secondary N) is 9. The highest BCUT2D eigenvalue weighted by atomic mass is 16.4. The van der Waals surface area contributed by atoms with Gasteiger partial charge in [0.05, 0.1) is 24.6 Å². The topological polar surface area (TPSA) is 332 Å². The van der Waals surface area contributed by atoms with Gasteiger partial charge in [0.25, 0.3) is 0 Å². The first kappa shape index (κ1) is 53.3. The van der Waals surface area contributed by atoms with Crippen LogP contribution >= 0.6 is 0 Å². The number of nitrogens with two attached hydrogens (primary N) is 1. The highest BCUT2D eigenvalue weighted by molar-refractivity contribution is 5.98. The molecular weight excluding hydrogens is 905 g/mol. The molecule has 8 amide bonds. The molecule has 22 nitrogen and oxygen atoms in total. The largest absolute Gasteiger partial charge is 0.480 e. The molecule has 1 aliphatic heterocycles. The van der Waals surface area contributed by atoms with E-state index in [9.17, 15) is 48.3 Å². The van der Waals surface area contributed by atoms with Crippen LogP contribution in [0.4, 0.5) is 0 Å². The minimum Gasteiger partial charge on any atom is -0.480 e. The van der Waals surface area contributed by atoms with E-state index in [0.717, 1.165) is 34.2 Å². The maximum absolute atomic E-state index is 14.3. The number of hydrogen-bond donors (Lipinski definition) is 11. The van der Waals surface area contributed by atoms with Crippen molar-refractivity contribution in [2.24, 2.45) is 11.7 Å². The van der Waals surface area contributed by atoms with Crippen molar-refractivity contribution in [2.45, 2.75) is 114 Å². The smallest absolute Gasteiger partial charge is 0.326 e. The Hall–Kier alpha value is -7.62. The minimum atomic E-state index is -1.41. The van der Waals surface area contributed by atoms with Crippen LogP contribution in [0.3, 0.4) is 0 Å². The average Bonchev–Trinajstić information content (AvgIpc) is 4.01. The van der Waals surface area contributed by atoms with Gasteiger partial charge in [-0.3, -0.25) is 38.4 Å². The van der Waals surface area contributed by atoms with Crippen molar-refractivity contribution in [2.75, 3.05) is 20.1 Å². The molecule has 5 rings (SSSR count). The molecule has 2 aromatic heterocycles. The molecule has 1 aliphatic rings. The normalized spacial score (nSPS) is 16.0. The van der Waals surface area contributed by atoms with Gasteiger partial charge in [-0.1, -0.05) is 68.8 Å². The summed E-state index contributed by atoms with van der Waals surface area (Å²) in [6, 6.07) is 8.02. The number of benzene rings is 2. The lowest BCUT2D eigenvalue weighted by Crippen LogP contribution is -2.60. The number of likely N-dealkylation sites (N-methyl/N-ethyl adjacent to an activating group) is 1. The summed E-state index contributed by atoms with van der Waals surface area (Å²) in [5.74, 6) is -7.52. The van der Waals surface area contributed by atoms with Gasteiger partial charge in [-0.25, -0.2) is 9.78 Å². The summed E-state index contributed by atoms with van der Waals surface area (Å²) in [5, 5.41) is 29.5. The number of carbonyl (C=O) groups excluding carboxylic acids is 8. The van der Waals surface area contributed by atoms with Gasteiger partial charge in [-0.2, -0.15) is 0 Å². The van der Waals surface area contributed by atoms with Crippen LogP contribution in [-0.2, 0) is 62.4 Å². The summed E-state index contributed by atoms with van der Waals surface area (Å²) in [6.45, 7) is 4.81. The van der Waals surface area contributed by atoms with Crippen LogP contribution in [0.25, 0.3) is 10.9 Å². The molecule has 7 atom stereocenters. The Labute approximate surface area is 404 Å². The molecule has 376 valence electrons. The van der Waals surface area contributed by atoms with Crippen molar-refractivity contribution in [1.82, 2.24) is 57.1 Å². The van der Waals surface area contributed by atoms with Crippen molar-refractivity contribution in [3.8, 4) is 0 Å². The highest BCUT2D eigenvalue weighted by Crippen LogP contribution is 2.20. The predicted molar refractivity (Wildman–Crippen MR) is 256 cm³/mol. The number of para-hydroxylation sites is 1. The van der Waals surface area contributed by atoms with Gasteiger partial charge in [0, 0.05) is 56.0 Å².